The van der Waals surface area contributed by atoms with Gasteiger partial charge in [0.25, 0.3) is 0 Å². The average molecular weight is 226 g/mol. The Morgan fingerprint density at radius 3 is 2.31 bits per heavy atom. The van der Waals surface area contributed by atoms with E-state index in [0.717, 1.165) is 6.04 Å². The van der Waals surface area contributed by atoms with Crippen molar-refractivity contribution in [2.75, 3.05) is 6.54 Å². The molecule has 1 aliphatic rings. The van der Waals surface area contributed by atoms with Crippen LogP contribution in [0, 0.1) is 0 Å². The van der Waals surface area contributed by atoms with Crippen LogP contribution in [0.2, 0.25) is 0 Å². The highest BCUT2D eigenvalue weighted by Gasteiger charge is 2.18. The van der Waals surface area contributed by atoms with Gasteiger partial charge in [0.05, 0.1) is 6.17 Å². The van der Waals surface area contributed by atoms with Gasteiger partial charge in [-0.05, 0) is 25.8 Å². The molecule has 0 spiro atoms. The molecule has 0 aliphatic carbocycles. The molecule has 16 heavy (non-hydrogen) atoms. The van der Waals surface area contributed by atoms with E-state index in [1.807, 2.05) is 0 Å². The van der Waals surface area contributed by atoms with E-state index in [0.29, 0.717) is 6.17 Å². The quantitative estimate of drug-likeness (QED) is 0.620. The van der Waals surface area contributed by atoms with Crippen LogP contribution in [0.3, 0.4) is 0 Å². The predicted molar refractivity (Wildman–Crippen MR) is 71.6 cm³/mol. The predicted octanol–water partition coefficient (Wildman–Crippen LogP) is 3.42. The number of rotatable bonds is 8. The molecule has 0 aromatic rings. The zero-order valence-corrected chi connectivity index (χ0v) is 11.2. The Morgan fingerprint density at radius 2 is 1.62 bits per heavy atom. The van der Waals surface area contributed by atoms with Crippen molar-refractivity contribution in [1.82, 2.24) is 10.6 Å². The summed E-state index contributed by atoms with van der Waals surface area (Å²) in [5, 5.41) is 7.35. The van der Waals surface area contributed by atoms with E-state index in [-0.39, 0.29) is 0 Å². The molecule has 1 rings (SSSR count). The fourth-order valence-electron chi connectivity index (χ4n) is 2.51. The summed E-state index contributed by atoms with van der Waals surface area (Å²) >= 11 is 0. The van der Waals surface area contributed by atoms with E-state index in [9.17, 15) is 0 Å². The molecule has 0 radical (unpaired) electrons. The molecule has 96 valence electrons. The van der Waals surface area contributed by atoms with Gasteiger partial charge in [-0.2, -0.15) is 0 Å². The Labute approximate surface area is 102 Å². The van der Waals surface area contributed by atoms with Crippen LogP contribution in [0.1, 0.15) is 71.6 Å². The maximum atomic E-state index is 3.76. The van der Waals surface area contributed by atoms with Crippen LogP contribution < -0.4 is 10.6 Å². The third kappa shape index (κ3) is 5.86. The van der Waals surface area contributed by atoms with Crippen LogP contribution >= 0.6 is 0 Å². The topological polar surface area (TPSA) is 24.1 Å². The molecule has 1 aliphatic heterocycles. The van der Waals surface area contributed by atoms with Gasteiger partial charge < -0.3 is 5.32 Å². The van der Waals surface area contributed by atoms with Crippen LogP contribution in [0.25, 0.3) is 0 Å². The molecule has 2 unspecified atom stereocenters. The Hall–Kier alpha value is -0.0800. The third-order valence-corrected chi connectivity index (χ3v) is 3.57. The van der Waals surface area contributed by atoms with Crippen LogP contribution in [0.4, 0.5) is 0 Å². The molecule has 1 fully saturated rings. The van der Waals surface area contributed by atoms with Crippen molar-refractivity contribution in [3.05, 3.63) is 0 Å². The van der Waals surface area contributed by atoms with Gasteiger partial charge in [-0.3, -0.25) is 5.32 Å². The van der Waals surface area contributed by atoms with Crippen molar-refractivity contribution >= 4 is 0 Å². The van der Waals surface area contributed by atoms with Gasteiger partial charge in [0.2, 0.25) is 0 Å². The summed E-state index contributed by atoms with van der Waals surface area (Å²) in [5.74, 6) is 0. The van der Waals surface area contributed by atoms with Gasteiger partial charge in [0.15, 0.2) is 0 Å². The first-order chi connectivity index (χ1) is 7.86. The molecule has 2 nitrogen and oxygen atoms in total. The molecule has 2 atom stereocenters. The van der Waals surface area contributed by atoms with Gasteiger partial charge >= 0.3 is 0 Å². The smallest absolute Gasteiger partial charge is 0.0573 e. The maximum absolute atomic E-state index is 3.76. The Balaban J connectivity index is 2.09. The van der Waals surface area contributed by atoms with Crippen LogP contribution in [-0.4, -0.2) is 18.8 Å². The Bertz CT molecular complexity index is 143. The highest BCUT2D eigenvalue weighted by molar-refractivity contribution is 4.79. The van der Waals surface area contributed by atoms with Crippen molar-refractivity contribution in [2.24, 2.45) is 0 Å². The molecule has 2 heteroatoms. The molecule has 2 N–H and O–H groups in total. The molecule has 1 heterocycles. The first-order valence-electron chi connectivity index (χ1n) is 7.36. The minimum absolute atomic E-state index is 0.590. The minimum atomic E-state index is 0.590. The minimum Gasteiger partial charge on any atom is -0.302 e. The van der Waals surface area contributed by atoms with Crippen molar-refractivity contribution < 1.29 is 0 Å². The molecule has 0 aromatic carbocycles. The lowest BCUT2D eigenvalue weighted by molar-refractivity contribution is 0.268. The van der Waals surface area contributed by atoms with Crippen molar-refractivity contribution in [3.63, 3.8) is 0 Å². The average Bonchev–Trinajstić information content (AvgIpc) is 2.30. The molecule has 0 saturated carbocycles. The SMILES string of the molecule is CCCCCC1CCNC(CCCCC)N1. The number of hydrogen-bond acceptors (Lipinski definition) is 2. The van der Waals surface area contributed by atoms with Gasteiger partial charge in [0.1, 0.15) is 0 Å². The number of unbranched alkanes of at least 4 members (excludes halogenated alkanes) is 4. The van der Waals surface area contributed by atoms with Crippen molar-refractivity contribution in [3.8, 4) is 0 Å². The van der Waals surface area contributed by atoms with Gasteiger partial charge in [-0.1, -0.05) is 52.4 Å². The van der Waals surface area contributed by atoms with E-state index >= 15 is 0 Å². The van der Waals surface area contributed by atoms with Crippen LogP contribution in [0.15, 0.2) is 0 Å². The number of hydrogen-bond donors (Lipinski definition) is 2. The fraction of sp³-hybridized carbons (Fsp3) is 1.00. The van der Waals surface area contributed by atoms with Crippen LogP contribution in [0.5, 0.6) is 0 Å². The molecule has 1 saturated heterocycles. The second-order valence-corrected chi connectivity index (χ2v) is 5.15. The standard InChI is InChI=1S/C14H30N2/c1-3-5-7-9-13-11-12-15-14(16-13)10-8-6-4-2/h13-16H,3-12H2,1-2H3. The summed E-state index contributed by atoms with van der Waals surface area (Å²) in [4.78, 5) is 0. The normalized spacial score (nSPS) is 25.9. The zero-order chi connectivity index (χ0) is 11.6. The summed E-state index contributed by atoms with van der Waals surface area (Å²) < 4.78 is 0. The lowest BCUT2D eigenvalue weighted by Gasteiger charge is -2.32. The van der Waals surface area contributed by atoms with Gasteiger partial charge in [-0.25, -0.2) is 0 Å². The van der Waals surface area contributed by atoms with Crippen LogP contribution in [-0.2, 0) is 0 Å². The first-order valence-corrected chi connectivity index (χ1v) is 7.36. The summed E-state index contributed by atoms with van der Waals surface area (Å²) in [6, 6.07) is 0.777. The summed E-state index contributed by atoms with van der Waals surface area (Å²) in [7, 11) is 0. The monoisotopic (exact) mass is 226 g/mol. The van der Waals surface area contributed by atoms with Gasteiger partial charge in [0, 0.05) is 6.04 Å². The van der Waals surface area contributed by atoms with Crippen molar-refractivity contribution in [2.45, 2.75) is 83.8 Å². The second-order valence-electron chi connectivity index (χ2n) is 5.15. The largest absolute Gasteiger partial charge is 0.302 e. The highest BCUT2D eigenvalue weighted by Crippen LogP contribution is 2.12. The summed E-state index contributed by atoms with van der Waals surface area (Å²) in [6.45, 7) is 5.76. The Kier molecular flexibility index (Phi) is 7.87. The van der Waals surface area contributed by atoms with Crippen molar-refractivity contribution in [1.29, 1.82) is 0 Å². The van der Waals surface area contributed by atoms with E-state index in [2.05, 4.69) is 24.5 Å². The fourth-order valence-corrected chi connectivity index (χ4v) is 2.51. The third-order valence-electron chi connectivity index (χ3n) is 3.57. The molecule has 0 bridgehead atoms. The number of nitrogens with one attached hydrogen (secondary N) is 2. The maximum Gasteiger partial charge on any atom is 0.0573 e. The Morgan fingerprint density at radius 1 is 0.938 bits per heavy atom. The zero-order valence-electron chi connectivity index (χ0n) is 11.2. The van der Waals surface area contributed by atoms with E-state index in [1.165, 1.54) is 64.3 Å². The summed E-state index contributed by atoms with van der Waals surface area (Å²) in [5.41, 5.74) is 0. The van der Waals surface area contributed by atoms with Gasteiger partial charge in [-0.15, -0.1) is 0 Å². The molecule has 0 aromatic heterocycles. The van der Waals surface area contributed by atoms with E-state index < -0.39 is 0 Å². The van der Waals surface area contributed by atoms with E-state index in [1.54, 1.807) is 0 Å². The molecular weight excluding hydrogens is 196 g/mol. The summed E-state index contributed by atoms with van der Waals surface area (Å²) in [6.07, 6.45) is 12.8. The van der Waals surface area contributed by atoms with E-state index in [4.69, 9.17) is 0 Å². The lowest BCUT2D eigenvalue weighted by atomic mass is 10.0. The first kappa shape index (κ1) is 14.0. The molecule has 0 amide bonds. The molecular formula is C14H30N2. The second kappa shape index (κ2) is 9.00. The lowest BCUT2D eigenvalue weighted by Crippen LogP contribution is -2.53. The highest BCUT2D eigenvalue weighted by atomic mass is 15.2.